The van der Waals surface area contributed by atoms with Gasteiger partial charge in [-0.3, -0.25) is 5.32 Å². The molecular weight excluding hydrogens is 244 g/mol. The van der Waals surface area contributed by atoms with Crippen molar-refractivity contribution in [3.05, 3.63) is 18.6 Å². The Bertz CT molecular complexity index is 376. The van der Waals surface area contributed by atoms with Crippen LogP contribution >= 0.6 is 11.8 Å². The monoisotopic (exact) mass is 264 g/mol. The van der Waals surface area contributed by atoms with Gasteiger partial charge in [0.05, 0.1) is 11.1 Å². The molecule has 1 N–H and O–H groups in total. The molecule has 0 radical (unpaired) electrons. The minimum Gasteiger partial charge on any atom is -0.300 e. The molecule has 18 heavy (non-hydrogen) atoms. The van der Waals surface area contributed by atoms with E-state index in [0.717, 1.165) is 36.6 Å². The van der Waals surface area contributed by atoms with Gasteiger partial charge in [-0.05, 0) is 37.6 Å². The summed E-state index contributed by atoms with van der Waals surface area (Å²) >= 11 is 1.71. The molecule has 1 rings (SSSR count). The molecule has 0 bridgehead atoms. The Morgan fingerprint density at radius 2 is 2.33 bits per heavy atom. The summed E-state index contributed by atoms with van der Waals surface area (Å²) in [6.45, 7) is 4.93. The Balaban J connectivity index is 2.34. The normalized spacial score (nSPS) is 13.8. The Morgan fingerprint density at radius 3 is 2.89 bits per heavy atom. The van der Waals surface area contributed by atoms with Gasteiger partial charge < -0.3 is 0 Å². The second-order valence-electron chi connectivity index (χ2n) is 4.08. The Kier molecular flexibility index (Phi) is 6.69. The van der Waals surface area contributed by atoms with E-state index in [0.29, 0.717) is 0 Å². The van der Waals surface area contributed by atoms with Gasteiger partial charge in [0.2, 0.25) is 0 Å². The SMILES string of the molecule is CCNC(C#N)(CC)CCCSc1ccncn1. The van der Waals surface area contributed by atoms with Crippen molar-refractivity contribution >= 4 is 11.8 Å². The van der Waals surface area contributed by atoms with Gasteiger partial charge >= 0.3 is 0 Å². The summed E-state index contributed by atoms with van der Waals surface area (Å²) in [5, 5.41) is 13.6. The molecule has 1 aromatic heterocycles. The fourth-order valence-electron chi connectivity index (χ4n) is 1.82. The molecule has 0 amide bonds. The summed E-state index contributed by atoms with van der Waals surface area (Å²) in [5.74, 6) is 0.978. The molecule has 0 saturated carbocycles. The van der Waals surface area contributed by atoms with E-state index in [4.69, 9.17) is 0 Å². The van der Waals surface area contributed by atoms with Gasteiger partial charge in [-0.2, -0.15) is 5.26 Å². The number of aromatic nitrogens is 2. The summed E-state index contributed by atoms with van der Waals surface area (Å²) < 4.78 is 0. The van der Waals surface area contributed by atoms with Gasteiger partial charge in [0.15, 0.2) is 0 Å². The van der Waals surface area contributed by atoms with Crippen molar-refractivity contribution < 1.29 is 0 Å². The molecule has 0 aromatic carbocycles. The maximum absolute atomic E-state index is 9.28. The van der Waals surface area contributed by atoms with Gasteiger partial charge in [0, 0.05) is 6.20 Å². The van der Waals surface area contributed by atoms with Crippen LogP contribution in [-0.2, 0) is 0 Å². The van der Waals surface area contributed by atoms with Gasteiger partial charge in [0.1, 0.15) is 11.9 Å². The van der Waals surface area contributed by atoms with Crippen molar-refractivity contribution in [3.8, 4) is 6.07 Å². The average Bonchev–Trinajstić information content (AvgIpc) is 2.43. The van der Waals surface area contributed by atoms with Crippen LogP contribution in [0.1, 0.15) is 33.1 Å². The standard InChI is InChI=1S/C13H20N4S/c1-3-13(10-14,17-4-2)7-5-9-18-12-6-8-15-11-16-12/h6,8,11,17H,3-5,7,9H2,1-2H3. The molecular formula is C13H20N4S. The van der Waals surface area contributed by atoms with Gasteiger partial charge in [0.25, 0.3) is 0 Å². The molecule has 0 spiro atoms. The third-order valence-corrected chi connectivity index (χ3v) is 3.92. The van der Waals surface area contributed by atoms with Crippen LogP contribution in [0.3, 0.4) is 0 Å². The van der Waals surface area contributed by atoms with Crippen molar-refractivity contribution in [2.24, 2.45) is 0 Å². The quantitative estimate of drug-likeness (QED) is 0.444. The number of rotatable bonds is 8. The zero-order chi connectivity index (χ0) is 13.3. The van der Waals surface area contributed by atoms with E-state index in [2.05, 4.69) is 28.3 Å². The molecule has 0 saturated heterocycles. The highest BCUT2D eigenvalue weighted by molar-refractivity contribution is 7.99. The van der Waals surface area contributed by atoms with Crippen molar-refractivity contribution in [2.75, 3.05) is 12.3 Å². The van der Waals surface area contributed by atoms with Crippen LogP contribution in [0.4, 0.5) is 0 Å². The van der Waals surface area contributed by atoms with E-state index in [9.17, 15) is 5.26 Å². The largest absolute Gasteiger partial charge is 0.300 e. The van der Waals surface area contributed by atoms with Crippen LogP contribution in [0.15, 0.2) is 23.6 Å². The number of hydrogen-bond acceptors (Lipinski definition) is 5. The third-order valence-electron chi connectivity index (χ3n) is 2.89. The summed E-state index contributed by atoms with van der Waals surface area (Å²) in [4.78, 5) is 8.05. The first-order chi connectivity index (χ1) is 8.76. The lowest BCUT2D eigenvalue weighted by Gasteiger charge is -2.25. The molecule has 4 nitrogen and oxygen atoms in total. The number of nitrogens with one attached hydrogen (secondary N) is 1. The number of thioether (sulfide) groups is 1. The first kappa shape index (κ1) is 14.9. The molecule has 1 aromatic rings. The molecule has 5 heteroatoms. The van der Waals surface area contributed by atoms with Crippen LogP contribution in [0.25, 0.3) is 0 Å². The van der Waals surface area contributed by atoms with Gasteiger partial charge in [-0.1, -0.05) is 13.8 Å². The third kappa shape index (κ3) is 4.63. The fraction of sp³-hybridized carbons (Fsp3) is 0.615. The topological polar surface area (TPSA) is 61.6 Å². The molecule has 0 aliphatic heterocycles. The van der Waals surface area contributed by atoms with E-state index in [-0.39, 0.29) is 5.54 Å². The summed E-state index contributed by atoms with van der Waals surface area (Å²) in [6.07, 6.45) is 6.04. The number of nitrogens with zero attached hydrogens (tertiary/aromatic N) is 3. The molecule has 1 unspecified atom stereocenters. The van der Waals surface area contributed by atoms with Crippen LogP contribution in [0.2, 0.25) is 0 Å². The molecule has 0 fully saturated rings. The Hall–Kier alpha value is -1.12. The van der Waals surface area contributed by atoms with E-state index >= 15 is 0 Å². The molecule has 98 valence electrons. The van der Waals surface area contributed by atoms with Gasteiger partial charge in [-0.25, -0.2) is 9.97 Å². The summed E-state index contributed by atoms with van der Waals surface area (Å²) in [6, 6.07) is 4.33. The van der Waals surface area contributed by atoms with Gasteiger partial charge in [-0.15, -0.1) is 11.8 Å². The Labute approximate surface area is 113 Å². The molecule has 0 aliphatic rings. The highest BCUT2D eigenvalue weighted by atomic mass is 32.2. The molecule has 1 heterocycles. The highest BCUT2D eigenvalue weighted by Crippen LogP contribution is 2.21. The predicted molar refractivity (Wildman–Crippen MR) is 74.3 cm³/mol. The van der Waals surface area contributed by atoms with E-state index in [1.807, 2.05) is 13.0 Å². The van der Waals surface area contributed by atoms with Crippen molar-refractivity contribution in [1.29, 1.82) is 5.26 Å². The minimum absolute atomic E-state index is 0.360. The summed E-state index contributed by atoms with van der Waals surface area (Å²) in [7, 11) is 0. The zero-order valence-electron chi connectivity index (χ0n) is 11.0. The fourth-order valence-corrected chi connectivity index (χ4v) is 2.59. The molecule has 0 aliphatic carbocycles. The Morgan fingerprint density at radius 1 is 1.50 bits per heavy atom. The van der Waals surface area contributed by atoms with E-state index in [1.54, 1.807) is 24.3 Å². The second-order valence-corrected chi connectivity index (χ2v) is 5.19. The van der Waals surface area contributed by atoms with Crippen molar-refractivity contribution in [1.82, 2.24) is 15.3 Å². The molecule has 1 atom stereocenters. The van der Waals surface area contributed by atoms with Crippen LogP contribution in [0.5, 0.6) is 0 Å². The highest BCUT2D eigenvalue weighted by Gasteiger charge is 2.25. The lowest BCUT2D eigenvalue weighted by Crippen LogP contribution is -2.43. The maximum atomic E-state index is 9.28. The van der Waals surface area contributed by atoms with Crippen molar-refractivity contribution in [3.63, 3.8) is 0 Å². The number of hydrogen-bond donors (Lipinski definition) is 1. The first-order valence-corrected chi connectivity index (χ1v) is 7.30. The first-order valence-electron chi connectivity index (χ1n) is 6.31. The lowest BCUT2D eigenvalue weighted by atomic mass is 9.92. The van der Waals surface area contributed by atoms with E-state index in [1.165, 1.54) is 0 Å². The zero-order valence-corrected chi connectivity index (χ0v) is 11.8. The van der Waals surface area contributed by atoms with Crippen LogP contribution < -0.4 is 5.32 Å². The predicted octanol–water partition coefficient (Wildman–Crippen LogP) is 2.63. The second kappa shape index (κ2) is 8.06. The number of nitriles is 1. The van der Waals surface area contributed by atoms with Crippen LogP contribution in [-0.4, -0.2) is 27.8 Å². The van der Waals surface area contributed by atoms with E-state index < -0.39 is 0 Å². The van der Waals surface area contributed by atoms with Crippen molar-refractivity contribution in [2.45, 2.75) is 43.7 Å². The smallest absolute Gasteiger partial charge is 0.116 e. The summed E-state index contributed by atoms with van der Waals surface area (Å²) in [5.41, 5.74) is -0.360. The van der Waals surface area contributed by atoms with Crippen LogP contribution in [0, 0.1) is 11.3 Å². The maximum Gasteiger partial charge on any atom is 0.116 e. The minimum atomic E-state index is -0.360. The average molecular weight is 264 g/mol. The lowest BCUT2D eigenvalue weighted by molar-refractivity contribution is 0.379.